The van der Waals surface area contributed by atoms with Crippen molar-refractivity contribution in [3.8, 4) is 0 Å². The summed E-state index contributed by atoms with van der Waals surface area (Å²) in [5.74, 6) is 0. The number of hydrogen-bond acceptors (Lipinski definition) is 2. The Labute approximate surface area is 79.9 Å². The van der Waals surface area contributed by atoms with Crippen LogP contribution in [-0.2, 0) is 4.79 Å². The molecule has 0 bridgehead atoms. The van der Waals surface area contributed by atoms with Gasteiger partial charge in [-0.25, -0.2) is 0 Å². The molecular formula is C11H17NO. The van der Waals surface area contributed by atoms with Crippen molar-refractivity contribution < 1.29 is 4.79 Å². The van der Waals surface area contributed by atoms with Crippen LogP contribution in [0.1, 0.15) is 19.8 Å². The molecule has 2 nitrogen and oxygen atoms in total. The van der Waals surface area contributed by atoms with Gasteiger partial charge in [-0.3, -0.25) is 9.69 Å². The van der Waals surface area contributed by atoms with Gasteiger partial charge < -0.3 is 0 Å². The maximum atomic E-state index is 10.1. The topological polar surface area (TPSA) is 20.3 Å². The van der Waals surface area contributed by atoms with Crippen LogP contribution in [0.2, 0.25) is 0 Å². The molecule has 0 atom stereocenters. The van der Waals surface area contributed by atoms with Crippen LogP contribution in [0, 0.1) is 0 Å². The summed E-state index contributed by atoms with van der Waals surface area (Å²) in [5.41, 5.74) is 1.29. The molecule has 1 aliphatic heterocycles. The quantitative estimate of drug-likeness (QED) is 0.484. The Morgan fingerprint density at radius 2 is 2.46 bits per heavy atom. The first-order valence-electron chi connectivity index (χ1n) is 4.90. The standard InChI is InChI=1S/C11H17NO/c1-2-7-12-8-5-11(6-9-12)4-3-10-13/h3-5,10H,2,6-9H2,1H3. The second kappa shape index (κ2) is 5.70. The Kier molecular flexibility index (Phi) is 4.47. The first-order chi connectivity index (χ1) is 6.36. The van der Waals surface area contributed by atoms with Gasteiger partial charge in [0.2, 0.25) is 0 Å². The fraction of sp³-hybridized carbons (Fsp3) is 0.545. The van der Waals surface area contributed by atoms with Crippen LogP contribution in [-0.4, -0.2) is 30.8 Å². The van der Waals surface area contributed by atoms with E-state index >= 15 is 0 Å². The van der Waals surface area contributed by atoms with Crippen LogP contribution in [0.3, 0.4) is 0 Å². The van der Waals surface area contributed by atoms with Crippen LogP contribution in [0.15, 0.2) is 23.8 Å². The Morgan fingerprint density at radius 3 is 3.00 bits per heavy atom. The predicted octanol–water partition coefficient (Wildman–Crippen LogP) is 1.78. The summed E-state index contributed by atoms with van der Waals surface area (Å²) in [6.07, 6.45) is 8.81. The fourth-order valence-electron chi connectivity index (χ4n) is 1.56. The van der Waals surface area contributed by atoms with Crippen molar-refractivity contribution in [2.45, 2.75) is 19.8 Å². The largest absolute Gasteiger partial charge is 0.299 e. The molecule has 0 aromatic heterocycles. The van der Waals surface area contributed by atoms with Crippen LogP contribution in [0.25, 0.3) is 0 Å². The molecule has 1 heterocycles. The molecule has 2 heteroatoms. The van der Waals surface area contributed by atoms with E-state index in [9.17, 15) is 4.79 Å². The van der Waals surface area contributed by atoms with Crippen LogP contribution in [0.5, 0.6) is 0 Å². The highest BCUT2D eigenvalue weighted by Crippen LogP contribution is 2.11. The third kappa shape index (κ3) is 3.55. The van der Waals surface area contributed by atoms with E-state index < -0.39 is 0 Å². The highest BCUT2D eigenvalue weighted by Gasteiger charge is 2.07. The Balaban J connectivity index is 2.38. The monoisotopic (exact) mass is 179 g/mol. The second-order valence-corrected chi connectivity index (χ2v) is 3.32. The van der Waals surface area contributed by atoms with Gasteiger partial charge in [-0.05, 0) is 31.0 Å². The maximum Gasteiger partial charge on any atom is 0.142 e. The van der Waals surface area contributed by atoms with Crippen molar-refractivity contribution in [2.24, 2.45) is 0 Å². The first-order valence-corrected chi connectivity index (χ1v) is 4.90. The van der Waals surface area contributed by atoms with E-state index in [1.807, 2.05) is 6.08 Å². The normalized spacial score (nSPS) is 19.0. The molecule has 0 fully saturated rings. The minimum absolute atomic E-state index is 0.833. The van der Waals surface area contributed by atoms with E-state index in [1.54, 1.807) is 6.08 Å². The van der Waals surface area contributed by atoms with E-state index in [4.69, 9.17) is 0 Å². The van der Waals surface area contributed by atoms with Crippen molar-refractivity contribution >= 4 is 6.29 Å². The minimum atomic E-state index is 0.833. The van der Waals surface area contributed by atoms with E-state index in [-0.39, 0.29) is 0 Å². The lowest BCUT2D eigenvalue weighted by atomic mass is 10.1. The van der Waals surface area contributed by atoms with E-state index in [0.717, 1.165) is 25.8 Å². The average molecular weight is 179 g/mol. The Hall–Kier alpha value is -0.890. The Morgan fingerprint density at radius 1 is 1.62 bits per heavy atom. The summed E-state index contributed by atoms with van der Waals surface area (Å²) in [7, 11) is 0. The number of rotatable bonds is 4. The smallest absolute Gasteiger partial charge is 0.142 e. The number of allylic oxidation sites excluding steroid dienone is 2. The van der Waals surface area contributed by atoms with Crippen molar-refractivity contribution in [1.29, 1.82) is 0 Å². The zero-order valence-electron chi connectivity index (χ0n) is 8.20. The van der Waals surface area contributed by atoms with Gasteiger partial charge in [-0.1, -0.05) is 19.1 Å². The number of aldehydes is 1. The molecule has 0 N–H and O–H groups in total. The number of carbonyl (C=O) groups is 1. The zero-order valence-corrected chi connectivity index (χ0v) is 8.20. The van der Waals surface area contributed by atoms with Gasteiger partial charge in [0, 0.05) is 13.1 Å². The third-order valence-electron chi connectivity index (χ3n) is 2.26. The first kappa shape index (κ1) is 10.2. The number of carbonyl (C=O) groups excluding carboxylic acids is 1. The molecule has 0 aromatic rings. The molecule has 0 aliphatic carbocycles. The van der Waals surface area contributed by atoms with Crippen LogP contribution in [0.4, 0.5) is 0 Å². The van der Waals surface area contributed by atoms with E-state index in [0.29, 0.717) is 0 Å². The molecule has 0 unspecified atom stereocenters. The lowest BCUT2D eigenvalue weighted by Gasteiger charge is -2.24. The molecule has 1 aliphatic rings. The molecule has 0 amide bonds. The van der Waals surface area contributed by atoms with E-state index in [1.165, 1.54) is 18.5 Å². The number of hydrogen-bond donors (Lipinski definition) is 0. The molecule has 0 radical (unpaired) electrons. The van der Waals surface area contributed by atoms with Crippen molar-refractivity contribution in [3.05, 3.63) is 23.8 Å². The molecule has 0 saturated carbocycles. The van der Waals surface area contributed by atoms with Crippen LogP contribution >= 0.6 is 0 Å². The molecule has 0 spiro atoms. The SMILES string of the molecule is CCCN1CC=C(C=CC=O)CC1. The second-order valence-electron chi connectivity index (χ2n) is 3.32. The Bertz CT molecular complexity index is 218. The highest BCUT2D eigenvalue weighted by atomic mass is 16.1. The summed E-state index contributed by atoms with van der Waals surface area (Å²) < 4.78 is 0. The minimum Gasteiger partial charge on any atom is -0.299 e. The van der Waals surface area contributed by atoms with Gasteiger partial charge in [-0.15, -0.1) is 0 Å². The highest BCUT2D eigenvalue weighted by molar-refractivity contribution is 5.65. The van der Waals surface area contributed by atoms with Crippen molar-refractivity contribution in [1.82, 2.24) is 4.90 Å². The summed E-state index contributed by atoms with van der Waals surface area (Å²) in [5, 5.41) is 0. The fourth-order valence-corrected chi connectivity index (χ4v) is 1.56. The molecule has 1 rings (SSSR count). The molecule has 72 valence electrons. The number of nitrogens with zero attached hydrogens (tertiary/aromatic N) is 1. The summed E-state index contributed by atoms with van der Waals surface area (Å²) in [6, 6.07) is 0. The van der Waals surface area contributed by atoms with Crippen molar-refractivity contribution in [3.63, 3.8) is 0 Å². The van der Waals surface area contributed by atoms with Gasteiger partial charge >= 0.3 is 0 Å². The summed E-state index contributed by atoms with van der Waals surface area (Å²) in [6.45, 7) is 5.54. The molecular weight excluding hydrogens is 162 g/mol. The van der Waals surface area contributed by atoms with Gasteiger partial charge in [0.1, 0.15) is 6.29 Å². The van der Waals surface area contributed by atoms with Gasteiger partial charge in [0.15, 0.2) is 0 Å². The summed E-state index contributed by atoms with van der Waals surface area (Å²) >= 11 is 0. The predicted molar refractivity (Wildman–Crippen MR) is 54.6 cm³/mol. The van der Waals surface area contributed by atoms with Gasteiger partial charge in [0.05, 0.1) is 0 Å². The maximum absolute atomic E-state index is 10.1. The average Bonchev–Trinajstić information content (AvgIpc) is 2.17. The van der Waals surface area contributed by atoms with Crippen LogP contribution < -0.4 is 0 Å². The van der Waals surface area contributed by atoms with Gasteiger partial charge in [0.25, 0.3) is 0 Å². The molecule has 0 aromatic carbocycles. The van der Waals surface area contributed by atoms with Gasteiger partial charge in [-0.2, -0.15) is 0 Å². The summed E-state index contributed by atoms with van der Waals surface area (Å²) in [4.78, 5) is 12.5. The zero-order chi connectivity index (χ0) is 9.52. The third-order valence-corrected chi connectivity index (χ3v) is 2.26. The molecule has 13 heavy (non-hydrogen) atoms. The lowest BCUT2D eigenvalue weighted by Crippen LogP contribution is -2.29. The van der Waals surface area contributed by atoms with E-state index in [2.05, 4.69) is 17.9 Å². The molecule has 0 saturated heterocycles. The van der Waals surface area contributed by atoms with Crippen molar-refractivity contribution in [2.75, 3.05) is 19.6 Å². The lowest BCUT2D eigenvalue weighted by molar-refractivity contribution is -0.104.